The van der Waals surface area contributed by atoms with Gasteiger partial charge in [-0.25, -0.2) is 4.31 Å². The van der Waals surface area contributed by atoms with Crippen LogP contribution in [0.25, 0.3) is 0 Å². The van der Waals surface area contributed by atoms with Crippen LogP contribution in [-0.2, 0) is 26.3 Å². The molecule has 2 aromatic rings. The lowest BCUT2D eigenvalue weighted by molar-refractivity contribution is -0.139. The van der Waals surface area contributed by atoms with Gasteiger partial charge in [-0.3, -0.25) is 9.59 Å². The highest BCUT2D eigenvalue weighted by atomic mass is 35.5. The lowest BCUT2D eigenvalue weighted by Gasteiger charge is -2.33. The van der Waals surface area contributed by atoms with Gasteiger partial charge in [0.1, 0.15) is 12.6 Å². The number of aryl methyl sites for hydroxylation is 2. The van der Waals surface area contributed by atoms with Crippen LogP contribution in [0.4, 0.5) is 5.69 Å². The average Bonchev–Trinajstić information content (AvgIpc) is 2.81. The first-order valence-corrected chi connectivity index (χ1v) is 13.6. The summed E-state index contributed by atoms with van der Waals surface area (Å²) in [7, 11) is -1.16. The number of nitrogens with one attached hydrogen (secondary N) is 1. The Labute approximate surface area is 220 Å². The van der Waals surface area contributed by atoms with Crippen LogP contribution >= 0.6 is 11.6 Å². The van der Waals surface area contributed by atoms with Crippen molar-refractivity contribution in [3.8, 4) is 0 Å². The lowest BCUT2D eigenvalue weighted by Crippen LogP contribution is -2.52. The number of rotatable bonds is 11. The summed E-state index contributed by atoms with van der Waals surface area (Å²) in [5, 5.41) is 3.42. The molecule has 0 radical (unpaired) electrons. The van der Waals surface area contributed by atoms with E-state index in [1.54, 1.807) is 44.2 Å². The molecule has 0 aliphatic heterocycles. The van der Waals surface area contributed by atoms with E-state index < -0.39 is 28.7 Å². The number of hydrogen-bond acceptors (Lipinski definition) is 4. The van der Waals surface area contributed by atoms with Crippen molar-refractivity contribution < 1.29 is 18.0 Å². The van der Waals surface area contributed by atoms with E-state index in [0.717, 1.165) is 19.7 Å². The van der Waals surface area contributed by atoms with Crippen molar-refractivity contribution in [2.75, 3.05) is 31.5 Å². The third kappa shape index (κ3) is 7.69. The van der Waals surface area contributed by atoms with Gasteiger partial charge in [0.2, 0.25) is 11.8 Å². The molecule has 1 atom stereocenters. The van der Waals surface area contributed by atoms with Crippen LogP contribution in [0.15, 0.2) is 42.5 Å². The molecule has 0 saturated carbocycles. The minimum Gasteiger partial charge on any atom is -0.354 e. The number of anilines is 1. The molecule has 0 spiro atoms. The van der Waals surface area contributed by atoms with Crippen molar-refractivity contribution in [2.24, 2.45) is 5.92 Å². The topological polar surface area (TPSA) is 90.0 Å². The molecule has 2 rings (SSSR count). The normalized spacial score (nSPS) is 12.5. The summed E-state index contributed by atoms with van der Waals surface area (Å²) in [6.45, 7) is 9.40. The van der Waals surface area contributed by atoms with E-state index in [4.69, 9.17) is 11.6 Å². The van der Waals surface area contributed by atoms with E-state index in [1.165, 1.54) is 19.0 Å². The second kappa shape index (κ2) is 12.6. The van der Waals surface area contributed by atoms with Gasteiger partial charge >= 0.3 is 10.2 Å². The second-order valence-electron chi connectivity index (χ2n) is 9.55. The van der Waals surface area contributed by atoms with Crippen LogP contribution in [0, 0.1) is 19.8 Å². The smallest absolute Gasteiger partial charge is 0.304 e. The number of benzene rings is 2. The van der Waals surface area contributed by atoms with Gasteiger partial charge in [-0.2, -0.15) is 12.7 Å². The molecule has 0 aliphatic carbocycles. The summed E-state index contributed by atoms with van der Waals surface area (Å²) in [5.74, 6) is -0.560. The minimum atomic E-state index is -4.00. The van der Waals surface area contributed by atoms with Crippen molar-refractivity contribution >= 4 is 39.3 Å². The van der Waals surface area contributed by atoms with Crippen molar-refractivity contribution in [1.29, 1.82) is 0 Å². The zero-order chi connectivity index (χ0) is 27.2. The number of hydrogen-bond donors (Lipinski definition) is 1. The molecule has 1 N–H and O–H groups in total. The monoisotopic (exact) mass is 536 g/mol. The molecule has 0 bridgehead atoms. The van der Waals surface area contributed by atoms with Crippen LogP contribution < -0.4 is 9.62 Å². The Bertz CT molecular complexity index is 1170. The number of carbonyl (C=O) groups excluding carboxylic acids is 2. The van der Waals surface area contributed by atoms with E-state index in [2.05, 4.69) is 5.32 Å². The first-order valence-electron chi connectivity index (χ1n) is 11.8. The van der Waals surface area contributed by atoms with Crippen LogP contribution in [0.5, 0.6) is 0 Å². The van der Waals surface area contributed by atoms with Gasteiger partial charge in [0.25, 0.3) is 0 Å². The highest BCUT2D eigenvalue weighted by Gasteiger charge is 2.33. The molecular weight excluding hydrogens is 500 g/mol. The zero-order valence-electron chi connectivity index (χ0n) is 22.1. The molecule has 8 nitrogen and oxygen atoms in total. The van der Waals surface area contributed by atoms with E-state index in [0.29, 0.717) is 22.8 Å². The van der Waals surface area contributed by atoms with E-state index in [1.807, 2.05) is 32.9 Å². The van der Waals surface area contributed by atoms with Gasteiger partial charge < -0.3 is 10.2 Å². The van der Waals surface area contributed by atoms with Crippen LogP contribution in [0.1, 0.15) is 37.5 Å². The molecule has 10 heteroatoms. The van der Waals surface area contributed by atoms with Gasteiger partial charge in [-0.05, 0) is 61.6 Å². The fourth-order valence-corrected chi connectivity index (χ4v) is 4.75. The Kier molecular flexibility index (Phi) is 10.3. The fraction of sp³-hybridized carbons (Fsp3) is 0.462. The Balaban J connectivity index is 2.48. The maximum absolute atomic E-state index is 13.7. The predicted molar refractivity (Wildman–Crippen MR) is 145 cm³/mol. The van der Waals surface area contributed by atoms with Gasteiger partial charge in [-0.1, -0.05) is 49.7 Å². The van der Waals surface area contributed by atoms with Crippen molar-refractivity contribution in [3.05, 3.63) is 64.2 Å². The number of carbonyl (C=O) groups is 2. The minimum absolute atomic E-state index is 0.120. The molecule has 0 heterocycles. The number of nitrogens with zero attached hydrogens (tertiary/aromatic N) is 3. The summed E-state index contributed by atoms with van der Waals surface area (Å²) in [4.78, 5) is 28.1. The molecule has 0 saturated heterocycles. The molecule has 0 aromatic heterocycles. The van der Waals surface area contributed by atoms with Crippen LogP contribution in [-0.4, -0.2) is 62.7 Å². The molecule has 1 unspecified atom stereocenters. The zero-order valence-corrected chi connectivity index (χ0v) is 23.7. The Morgan fingerprint density at radius 1 is 1.00 bits per heavy atom. The summed E-state index contributed by atoms with van der Waals surface area (Å²) < 4.78 is 28.8. The maximum atomic E-state index is 13.7. The standard InChI is InChI=1S/C26H37ClN4O4S/c1-18(2)15-28-26(33)21(5)30(16-22-10-12-23(27)13-11-22)25(32)17-31(36(34,35)29(6)7)24-14-19(3)8-9-20(24)4/h8-14,18,21H,15-17H2,1-7H3,(H,28,33). The Hall–Kier alpha value is -2.62. The summed E-state index contributed by atoms with van der Waals surface area (Å²) in [5.41, 5.74) is 2.76. The first kappa shape index (κ1) is 29.6. The second-order valence-corrected chi connectivity index (χ2v) is 12.1. The van der Waals surface area contributed by atoms with E-state index in [9.17, 15) is 18.0 Å². The van der Waals surface area contributed by atoms with Gasteiger partial charge in [0, 0.05) is 32.2 Å². The van der Waals surface area contributed by atoms with Gasteiger partial charge in [0.05, 0.1) is 5.69 Å². The van der Waals surface area contributed by atoms with E-state index >= 15 is 0 Å². The number of halogens is 1. The molecule has 0 aliphatic rings. The summed E-state index contributed by atoms with van der Waals surface area (Å²) in [6, 6.07) is 11.6. The highest BCUT2D eigenvalue weighted by Crippen LogP contribution is 2.26. The number of amides is 2. The molecule has 2 amide bonds. The van der Waals surface area contributed by atoms with Crippen molar-refractivity contribution in [1.82, 2.24) is 14.5 Å². The largest absolute Gasteiger partial charge is 0.354 e. The molecule has 0 fully saturated rings. The molecule has 36 heavy (non-hydrogen) atoms. The summed E-state index contributed by atoms with van der Waals surface area (Å²) >= 11 is 6.02. The maximum Gasteiger partial charge on any atom is 0.304 e. The third-order valence-electron chi connectivity index (χ3n) is 5.77. The van der Waals surface area contributed by atoms with E-state index in [-0.39, 0.29) is 18.4 Å². The SMILES string of the molecule is Cc1ccc(C)c(N(CC(=O)N(Cc2ccc(Cl)cc2)C(C)C(=O)NCC(C)C)S(=O)(=O)N(C)C)c1. The summed E-state index contributed by atoms with van der Waals surface area (Å²) in [6.07, 6.45) is 0. The van der Waals surface area contributed by atoms with Crippen molar-refractivity contribution in [3.63, 3.8) is 0 Å². The van der Waals surface area contributed by atoms with Gasteiger partial charge in [-0.15, -0.1) is 0 Å². The van der Waals surface area contributed by atoms with Crippen LogP contribution in [0.3, 0.4) is 0 Å². The fourth-order valence-electron chi connectivity index (χ4n) is 3.51. The van der Waals surface area contributed by atoms with Crippen LogP contribution in [0.2, 0.25) is 5.02 Å². The quantitative estimate of drug-likeness (QED) is 0.473. The Morgan fingerprint density at radius 3 is 2.17 bits per heavy atom. The molecule has 198 valence electrons. The molecular formula is C26H37ClN4O4S. The Morgan fingerprint density at radius 2 is 1.61 bits per heavy atom. The highest BCUT2D eigenvalue weighted by molar-refractivity contribution is 7.90. The molecule has 2 aromatic carbocycles. The first-order chi connectivity index (χ1) is 16.7. The van der Waals surface area contributed by atoms with Gasteiger partial charge in [0.15, 0.2) is 0 Å². The predicted octanol–water partition coefficient (Wildman–Crippen LogP) is 3.76. The lowest BCUT2D eigenvalue weighted by atomic mass is 10.1. The third-order valence-corrected chi connectivity index (χ3v) is 7.83. The average molecular weight is 537 g/mol. The van der Waals surface area contributed by atoms with Crippen molar-refractivity contribution in [2.45, 2.75) is 47.2 Å².